The Kier molecular flexibility index (Phi) is 3.87. The summed E-state index contributed by atoms with van der Waals surface area (Å²) in [7, 11) is 2.08. The van der Waals surface area contributed by atoms with E-state index >= 15 is 0 Å². The molecule has 0 aromatic heterocycles. The van der Waals surface area contributed by atoms with Crippen LogP contribution in [0.2, 0.25) is 0 Å². The average molecular weight is 197 g/mol. The van der Waals surface area contributed by atoms with Crippen molar-refractivity contribution in [2.45, 2.75) is 31.3 Å². The van der Waals surface area contributed by atoms with Gasteiger partial charge in [0.15, 0.2) is 0 Å². The molecular formula is C10H19N3O. The first-order chi connectivity index (χ1) is 6.63. The summed E-state index contributed by atoms with van der Waals surface area (Å²) in [6.45, 7) is 3.66. The zero-order chi connectivity index (χ0) is 10.6. The van der Waals surface area contributed by atoms with Crippen LogP contribution >= 0.6 is 0 Å². The fourth-order valence-electron chi connectivity index (χ4n) is 1.95. The van der Waals surface area contributed by atoms with Crippen molar-refractivity contribution in [3.05, 3.63) is 0 Å². The minimum atomic E-state index is -0.422. The van der Waals surface area contributed by atoms with Gasteiger partial charge < -0.3 is 10.0 Å². The van der Waals surface area contributed by atoms with Crippen molar-refractivity contribution in [2.24, 2.45) is 0 Å². The van der Waals surface area contributed by atoms with E-state index in [0.717, 1.165) is 19.4 Å². The smallest absolute Gasteiger partial charge is 0.109 e. The predicted molar refractivity (Wildman–Crippen MR) is 54.8 cm³/mol. The van der Waals surface area contributed by atoms with Crippen LogP contribution in [0, 0.1) is 11.3 Å². The third kappa shape index (κ3) is 2.44. The summed E-state index contributed by atoms with van der Waals surface area (Å²) in [6.07, 6.45) is 1.67. The van der Waals surface area contributed by atoms with Gasteiger partial charge in [-0.15, -0.1) is 0 Å². The first-order valence-corrected chi connectivity index (χ1v) is 5.11. The second kappa shape index (κ2) is 4.74. The molecule has 0 spiro atoms. The number of nitrogens with zero attached hydrogens (tertiary/aromatic N) is 2. The summed E-state index contributed by atoms with van der Waals surface area (Å²) >= 11 is 0. The van der Waals surface area contributed by atoms with Crippen LogP contribution in [0.4, 0.5) is 0 Å². The van der Waals surface area contributed by atoms with Gasteiger partial charge >= 0.3 is 0 Å². The van der Waals surface area contributed by atoms with Crippen LogP contribution in [0.15, 0.2) is 0 Å². The molecule has 0 aromatic rings. The first-order valence-electron chi connectivity index (χ1n) is 5.11. The van der Waals surface area contributed by atoms with Gasteiger partial charge in [0.1, 0.15) is 5.54 Å². The predicted octanol–water partition coefficient (Wildman–Crippen LogP) is -0.0552. The molecule has 0 amide bonds. The molecule has 80 valence electrons. The maximum atomic E-state index is 9.16. The molecule has 1 aliphatic rings. The average Bonchev–Trinajstić information content (AvgIpc) is 2.20. The number of aliphatic hydroxyl groups is 1. The van der Waals surface area contributed by atoms with Gasteiger partial charge in [0.2, 0.25) is 0 Å². The van der Waals surface area contributed by atoms with Gasteiger partial charge in [0.25, 0.3) is 0 Å². The van der Waals surface area contributed by atoms with Crippen molar-refractivity contribution in [3.63, 3.8) is 0 Å². The maximum Gasteiger partial charge on any atom is 0.109 e. The molecular weight excluding hydrogens is 178 g/mol. The van der Waals surface area contributed by atoms with Crippen LogP contribution in [0.1, 0.15) is 19.8 Å². The lowest BCUT2D eigenvalue weighted by atomic mass is 9.85. The van der Waals surface area contributed by atoms with E-state index in [4.69, 9.17) is 10.4 Å². The van der Waals surface area contributed by atoms with E-state index in [-0.39, 0.29) is 6.61 Å². The summed E-state index contributed by atoms with van der Waals surface area (Å²) in [4.78, 5) is 2.26. The van der Waals surface area contributed by atoms with E-state index in [9.17, 15) is 0 Å². The molecule has 14 heavy (non-hydrogen) atoms. The molecule has 2 N–H and O–H groups in total. The first kappa shape index (κ1) is 11.4. The molecule has 4 heteroatoms. The van der Waals surface area contributed by atoms with Gasteiger partial charge in [0.05, 0.1) is 12.7 Å². The minimum Gasteiger partial charge on any atom is -0.395 e. The van der Waals surface area contributed by atoms with E-state index in [1.54, 1.807) is 0 Å². The van der Waals surface area contributed by atoms with Crippen LogP contribution in [-0.2, 0) is 0 Å². The SMILES string of the molecule is CC1CC(C#N)(NCCO)CCN1C. The Morgan fingerprint density at radius 1 is 1.71 bits per heavy atom. The standard InChI is InChI=1S/C10H19N3O/c1-9-7-10(8-11,12-4-6-14)3-5-13(9)2/h9,12,14H,3-7H2,1-2H3. The Hall–Kier alpha value is -0.630. The highest BCUT2D eigenvalue weighted by Gasteiger charge is 2.36. The maximum absolute atomic E-state index is 9.16. The lowest BCUT2D eigenvalue weighted by molar-refractivity contribution is 0.132. The van der Waals surface area contributed by atoms with Gasteiger partial charge in [-0.2, -0.15) is 5.26 Å². The highest BCUT2D eigenvalue weighted by Crippen LogP contribution is 2.24. The molecule has 0 aliphatic carbocycles. The zero-order valence-electron chi connectivity index (χ0n) is 8.95. The lowest BCUT2D eigenvalue weighted by Crippen LogP contribution is -2.55. The van der Waals surface area contributed by atoms with Gasteiger partial charge in [0, 0.05) is 19.1 Å². The van der Waals surface area contributed by atoms with Crippen molar-refractivity contribution in [1.82, 2.24) is 10.2 Å². The monoisotopic (exact) mass is 197 g/mol. The summed E-state index contributed by atoms with van der Waals surface area (Å²) in [6, 6.07) is 2.78. The van der Waals surface area contributed by atoms with Crippen molar-refractivity contribution < 1.29 is 5.11 Å². The Labute approximate surface area is 85.5 Å². The summed E-state index contributed by atoms with van der Waals surface area (Å²) < 4.78 is 0. The zero-order valence-corrected chi connectivity index (χ0v) is 8.95. The lowest BCUT2D eigenvalue weighted by Gasteiger charge is -2.40. The molecule has 1 saturated heterocycles. The van der Waals surface area contributed by atoms with E-state index in [2.05, 4.69) is 30.3 Å². The number of β-amino-alcohol motifs (C(OH)–C–C–N with tert-alkyl or cyclic N) is 1. The van der Waals surface area contributed by atoms with Crippen LogP contribution in [-0.4, -0.2) is 48.3 Å². The Bertz CT molecular complexity index is 222. The number of nitriles is 1. The molecule has 2 atom stereocenters. The normalized spacial score (nSPS) is 34.0. The highest BCUT2D eigenvalue weighted by atomic mass is 16.3. The number of piperidine rings is 1. The Balaban J connectivity index is 2.58. The Morgan fingerprint density at radius 3 is 2.93 bits per heavy atom. The quantitative estimate of drug-likeness (QED) is 0.665. The van der Waals surface area contributed by atoms with Crippen molar-refractivity contribution in [1.29, 1.82) is 5.26 Å². The Morgan fingerprint density at radius 2 is 2.43 bits per heavy atom. The number of rotatable bonds is 3. The van der Waals surface area contributed by atoms with E-state index in [1.807, 2.05) is 0 Å². The number of hydrogen-bond donors (Lipinski definition) is 2. The second-order valence-corrected chi connectivity index (χ2v) is 4.13. The molecule has 0 aromatic carbocycles. The van der Waals surface area contributed by atoms with Crippen LogP contribution < -0.4 is 5.32 Å². The fraction of sp³-hybridized carbons (Fsp3) is 0.900. The number of aliphatic hydroxyl groups excluding tert-OH is 1. The second-order valence-electron chi connectivity index (χ2n) is 4.13. The van der Waals surface area contributed by atoms with Gasteiger partial charge in [-0.25, -0.2) is 0 Å². The van der Waals surface area contributed by atoms with Gasteiger partial charge in [-0.3, -0.25) is 5.32 Å². The molecule has 2 unspecified atom stereocenters. The molecule has 1 fully saturated rings. The van der Waals surface area contributed by atoms with Crippen LogP contribution in [0.3, 0.4) is 0 Å². The van der Waals surface area contributed by atoms with E-state index < -0.39 is 5.54 Å². The van der Waals surface area contributed by atoms with E-state index in [0.29, 0.717) is 12.6 Å². The topological polar surface area (TPSA) is 59.3 Å². The molecule has 1 heterocycles. The van der Waals surface area contributed by atoms with Crippen molar-refractivity contribution in [3.8, 4) is 6.07 Å². The number of hydrogen-bond acceptors (Lipinski definition) is 4. The highest BCUT2D eigenvalue weighted by molar-refractivity contribution is 5.10. The number of likely N-dealkylation sites (tertiary alicyclic amines) is 1. The summed E-state index contributed by atoms with van der Waals surface area (Å²) in [5.41, 5.74) is -0.422. The van der Waals surface area contributed by atoms with Crippen LogP contribution in [0.25, 0.3) is 0 Å². The van der Waals surface area contributed by atoms with Crippen LogP contribution in [0.5, 0.6) is 0 Å². The fourth-order valence-corrected chi connectivity index (χ4v) is 1.95. The molecule has 1 rings (SSSR count). The molecule has 1 aliphatic heterocycles. The molecule has 0 bridgehead atoms. The molecule has 0 radical (unpaired) electrons. The van der Waals surface area contributed by atoms with Gasteiger partial charge in [-0.05, 0) is 26.8 Å². The summed E-state index contributed by atoms with van der Waals surface area (Å²) in [5.74, 6) is 0. The molecule has 4 nitrogen and oxygen atoms in total. The number of nitrogens with one attached hydrogen (secondary N) is 1. The summed E-state index contributed by atoms with van der Waals surface area (Å²) in [5, 5.41) is 21.0. The van der Waals surface area contributed by atoms with E-state index in [1.165, 1.54) is 0 Å². The van der Waals surface area contributed by atoms with Crippen molar-refractivity contribution in [2.75, 3.05) is 26.7 Å². The third-order valence-electron chi connectivity index (χ3n) is 3.08. The third-order valence-corrected chi connectivity index (χ3v) is 3.08. The largest absolute Gasteiger partial charge is 0.395 e. The van der Waals surface area contributed by atoms with Gasteiger partial charge in [-0.1, -0.05) is 0 Å². The van der Waals surface area contributed by atoms with Crippen molar-refractivity contribution >= 4 is 0 Å². The minimum absolute atomic E-state index is 0.0909. The molecule has 0 saturated carbocycles.